The molecule has 0 aliphatic rings. The number of anilines is 1. The molecule has 0 spiro atoms. The quantitative estimate of drug-likeness (QED) is 0.750. The van der Waals surface area contributed by atoms with Crippen molar-refractivity contribution in [1.29, 1.82) is 0 Å². The minimum atomic E-state index is -0.171. The fraction of sp³-hybridized carbons (Fsp3) is 0.158. The van der Waals surface area contributed by atoms with E-state index in [1.165, 1.54) is 0 Å². The van der Waals surface area contributed by atoms with Gasteiger partial charge in [0.05, 0.1) is 6.61 Å². The standard InChI is InChI=1S/C19H18N2O2S/c1-12-3-4-14(10-22)9-17(12)21-18(23)15-5-7-16(8-6-15)19-20-13(2)11-24-19/h3-9,11,22H,10H2,1-2H3,(H,21,23). The van der Waals surface area contributed by atoms with Crippen LogP contribution in [-0.4, -0.2) is 16.0 Å². The van der Waals surface area contributed by atoms with E-state index in [0.717, 1.165) is 27.4 Å². The van der Waals surface area contributed by atoms with E-state index >= 15 is 0 Å². The highest BCUT2D eigenvalue weighted by Crippen LogP contribution is 2.24. The maximum Gasteiger partial charge on any atom is 0.255 e. The predicted octanol–water partition coefficient (Wildman–Crippen LogP) is 4.17. The largest absolute Gasteiger partial charge is 0.392 e. The Kier molecular flexibility index (Phi) is 4.74. The molecule has 1 amide bonds. The summed E-state index contributed by atoms with van der Waals surface area (Å²) in [6.45, 7) is 3.83. The van der Waals surface area contributed by atoms with Gasteiger partial charge in [0.1, 0.15) is 5.01 Å². The molecule has 0 saturated carbocycles. The van der Waals surface area contributed by atoms with Crippen molar-refractivity contribution in [1.82, 2.24) is 4.98 Å². The normalized spacial score (nSPS) is 10.6. The molecular formula is C19H18N2O2S. The summed E-state index contributed by atoms with van der Waals surface area (Å²) < 4.78 is 0. The van der Waals surface area contributed by atoms with Crippen LogP contribution in [0, 0.1) is 13.8 Å². The molecule has 3 rings (SSSR count). The first-order chi connectivity index (χ1) is 11.6. The number of rotatable bonds is 4. The van der Waals surface area contributed by atoms with Crippen molar-refractivity contribution in [3.63, 3.8) is 0 Å². The Balaban J connectivity index is 1.78. The van der Waals surface area contributed by atoms with Gasteiger partial charge < -0.3 is 10.4 Å². The molecule has 2 aromatic carbocycles. The zero-order valence-corrected chi connectivity index (χ0v) is 14.4. The molecule has 0 aliphatic carbocycles. The SMILES string of the molecule is Cc1csc(-c2ccc(C(=O)Nc3cc(CO)ccc3C)cc2)n1. The zero-order chi connectivity index (χ0) is 17.1. The van der Waals surface area contributed by atoms with Gasteiger partial charge in [-0.05, 0) is 43.2 Å². The molecule has 0 unspecified atom stereocenters. The molecule has 4 nitrogen and oxygen atoms in total. The van der Waals surface area contributed by atoms with Crippen LogP contribution in [0.25, 0.3) is 10.6 Å². The molecule has 0 radical (unpaired) electrons. The first-order valence-electron chi connectivity index (χ1n) is 7.61. The molecule has 1 aromatic heterocycles. The van der Waals surface area contributed by atoms with E-state index in [1.54, 1.807) is 29.5 Å². The molecule has 24 heavy (non-hydrogen) atoms. The highest BCUT2D eigenvalue weighted by molar-refractivity contribution is 7.13. The number of nitrogens with one attached hydrogen (secondary N) is 1. The Hall–Kier alpha value is -2.50. The van der Waals surface area contributed by atoms with Gasteiger partial charge in [0.15, 0.2) is 0 Å². The average molecular weight is 338 g/mol. The van der Waals surface area contributed by atoms with Gasteiger partial charge in [-0.1, -0.05) is 24.3 Å². The fourth-order valence-corrected chi connectivity index (χ4v) is 3.15. The van der Waals surface area contributed by atoms with E-state index in [9.17, 15) is 9.90 Å². The van der Waals surface area contributed by atoms with Crippen LogP contribution in [0.5, 0.6) is 0 Å². The second-order valence-electron chi connectivity index (χ2n) is 5.63. The maximum absolute atomic E-state index is 12.4. The number of benzene rings is 2. The number of aryl methyl sites for hydroxylation is 2. The minimum absolute atomic E-state index is 0.0505. The van der Waals surface area contributed by atoms with Crippen LogP contribution in [0.2, 0.25) is 0 Å². The van der Waals surface area contributed by atoms with Gasteiger partial charge in [0, 0.05) is 27.9 Å². The summed E-state index contributed by atoms with van der Waals surface area (Å²) in [6.07, 6.45) is 0. The monoisotopic (exact) mass is 338 g/mol. The van der Waals surface area contributed by atoms with E-state index < -0.39 is 0 Å². The van der Waals surface area contributed by atoms with Gasteiger partial charge in [-0.15, -0.1) is 11.3 Å². The summed E-state index contributed by atoms with van der Waals surface area (Å²) in [7, 11) is 0. The smallest absolute Gasteiger partial charge is 0.255 e. The topological polar surface area (TPSA) is 62.2 Å². The number of hydrogen-bond donors (Lipinski definition) is 2. The third-order valence-corrected chi connectivity index (χ3v) is 4.76. The van der Waals surface area contributed by atoms with Crippen molar-refractivity contribution >= 4 is 22.9 Å². The van der Waals surface area contributed by atoms with Crippen LogP contribution in [0.1, 0.15) is 27.2 Å². The molecule has 3 aromatic rings. The Morgan fingerprint density at radius 2 is 1.92 bits per heavy atom. The van der Waals surface area contributed by atoms with Gasteiger partial charge >= 0.3 is 0 Å². The lowest BCUT2D eigenvalue weighted by Gasteiger charge is -2.10. The average Bonchev–Trinajstić information content (AvgIpc) is 3.03. The van der Waals surface area contributed by atoms with Crippen molar-refractivity contribution in [2.24, 2.45) is 0 Å². The van der Waals surface area contributed by atoms with Crippen LogP contribution in [-0.2, 0) is 6.61 Å². The second-order valence-corrected chi connectivity index (χ2v) is 6.49. The highest BCUT2D eigenvalue weighted by Gasteiger charge is 2.10. The molecule has 0 fully saturated rings. The minimum Gasteiger partial charge on any atom is -0.392 e. The van der Waals surface area contributed by atoms with E-state index in [2.05, 4.69) is 10.3 Å². The summed E-state index contributed by atoms with van der Waals surface area (Å²) in [5.41, 5.74) is 5.02. The number of carbonyl (C=O) groups is 1. The number of carbonyl (C=O) groups excluding carboxylic acids is 1. The van der Waals surface area contributed by atoms with E-state index in [4.69, 9.17) is 0 Å². The molecule has 0 bridgehead atoms. The molecule has 122 valence electrons. The van der Waals surface area contributed by atoms with Crippen LogP contribution >= 0.6 is 11.3 Å². The predicted molar refractivity (Wildman–Crippen MR) is 97.3 cm³/mol. The molecular weight excluding hydrogens is 320 g/mol. The van der Waals surface area contributed by atoms with E-state index in [-0.39, 0.29) is 12.5 Å². The number of aliphatic hydroxyl groups is 1. The zero-order valence-electron chi connectivity index (χ0n) is 13.5. The molecule has 2 N–H and O–H groups in total. The number of hydrogen-bond acceptors (Lipinski definition) is 4. The lowest BCUT2D eigenvalue weighted by molar-refractivity contribution is 0.102. The van der Waals surface area contributed by atoms with Crippen molar-refractivity contribution in [3.05, 3.63) is 70.2 Å². The van der Waals surface area contributed by atoms with Gasteiger partial charge in [-0.2, -0.15) is 0 Å². The summed E-state index contributed by atoms with van der Waals surface area (Å²) in [4.78, 5) is 16.9. The van der Waals surface area contributed by atoms with Crippen molar-refractivity contribution in [2.45, 2.75) is 20.5 Å². The Morgan fingerprint density at radius 3 is 2.54 bits per heavy atom. The first kappa shape index (κ1) is 16.4. The van der Waals surface area contributed by atoms with E-state index in [1.807, 2.05) is 43.5 Å². The number of nitrogens with zero attached hydrogens (tertiary/aromatic N) is 1. The van der Waals surface area contributed by atoms with Gasteiger partial charge in [0.25, 0.3) is 5.91 Å². The second kappa shape index (κ2) is 6.95. The number of aliphatic hydroxyl groups excluding tert-OH is 1. The molecule has 0 aliphatic heterocycles. The molecule has 1 heterocycles. The number of amides is 1. The van der Waals surface area contributed by atoms with Crippen LogP contribution in [0.15, 0.2) is 47.8 Å². The summed E-state index contributed by atoms with van der Waals surface area (Å²) in [6, 6.07) is 12.9. The molecule has 5 heteroatoms. The van der Waals surface area contributed by atoms with Gasteiger partial charge in [-0.25, -0.2) is 4.98 Å². The lowest BCUT2D eigenvalue weighted by atomic mass is 10.1. The van der Waals surface area contributed by atoms with Crippen LogP contribution in [0.3, 0.4) is 0 Å². The Bertz CT molecular complexity index is 869. The number of thiazole rings is 1. The third-order valence-electron chi connectivity index (χ3n) is 3.75. The third kappa shape index (κ3) is 3.53. The maximum atomic E-state index is 12.4. The van der Waals surface area contributed by atoms with Crippen LogP contribution < -0.4 is 5.32 Å². The van der Waals surface area contributed by atoms with Gasteiger partial charge in [0.2, 0.25) is 0 Å². The number of aromatic nitrogens is 1. The molecule has 0 saturated heterocycles. The first-order valence-corrected chi connectivity index (χ1v) is 8.49. The summed E-state index contributed by atoms with van der Waals surface area (Å²) in [5.74, 6) is -0.171. The lowest BCUT2D eigenvalue weighted by Crippen LogP contribution is -2.13. The van der Waals surface area contributed by atoms with E-state index in [0.29, 0.717) is 11.3 Å². The Morgan fingerprint density at radius 1 is 1.17 bits per heavy atom. The van der Waals surface area contributed by atoms with Gasteiger partial charge in [-0.3, -0.25) is 4.79 Å². The van der Waals surface area contributed by atoms with Crippen molar-refractivity contribution < 1.29 is 9.90 Å². The van der Waals surface area contributed by atoms with Crippen molar-refractivity contribution in [2.75, 3.05) is 5.32 Å². The Labute approximate surface area is 144 Å². The summed E-state index contributed by atoms with van der Waals surface area (Å²) in [5, 5.41) is 15.1. The molecule has 0 atom stereocenters. The van der Waals surface area contributed by atoms with Crippen LogP contribution in [0.4, 0.5) is 5.69 Å². The fourth-order valence-electron chi connectivity index (χ4n) is 2.35. The highest BCUT2D eigenvalue weighted by atomic mass is 32.1. The van der Waals surface area contributed by atoms with Crippen molar-refractivity contribution in [3.8, 4) is 10.6 Å². The summed E-state index contributed by atoms with van der Waals surface area (Å²) >= 11 is 1.59.